The molecule has 0 fully saturated rings. The molecule has 0 aliphatic carbocycles. The second-order valence-electron chi connectivity index (χ2n) is 5.64. The van der Waals surface area contributed by atoms with E-state index < -0.39 is 11.6 Å². The zero-order valence-corrected chi connectivity index (χ0v) is 13.9. The molecule has 132 valence electrons. The van der Waals surface area contributed by atoms with Crippen LogP contribution in [-0.2, 0) is 6.42 Å². The first kappa shape index (κ1) is 17.5. The molecule has 4 nitrogen and oxygen atoms in total. The number of carbonyl (C=O) groups excluding carboxylic acids is 1. The summed E-state index contributed by atoms with van der Waals surface area (Å²) in [7, 11) is 0. The average Bonchev–Trinajstić information content (AvgIpc) is 2.66. The standard InChI is InChI=1S/C20H17F2N3O/c21-16-7-4-8-17(22)19(16)25-18-13-15(10-12-23-18)20(26)24-11-9-14-5-2-1-3-6-14/h1-8,10,12-13H,9,11H2,(H,23,25)(H,24,26). The molecular weight excluding hydrogens is 336 g/mol. The first-order valence-corrected chi connectivity index (χ1v) is 8.13. The topological polar surface area (TPSA) is 54.0 Å². The molecule has 0 radical (unpaired) electrons. The molecular formula is C20H17F2N3O. The van der Waals surface area contributed by atoms with Crippen LogP contribution in [-0.4, -0.2) is 17.4 Å². The number of rotatable bonds is 6. The first-order chi connectivity index (χ1) is 12.6. The Bertz CT molecular complexity index is 880. The lowest BCUT2D eigenvalue weighted by molar-refractivity contribution is 0.0954. The summed E-state index contributed by atoms with van der Waals surface area (Å²) in [5.41, 5.74) is 1.17. The van der Waals surface area contributed by atoms with Crippen molar-refractivity contribution < 1.29 is 13.6 Å². The van der Waals surface area contributed by atoms with Crippen molar-refractivity contribution in [2.45, 2.75) is 6.42 Å². The lowest BCUT2D eigenvalue weighted by Gasteiger charge is -2.10. The van der Waals surface area contributed by atoms with Crippen LogP contribution in [0.1, 0.15) is 15.9 Å². The maximum atomic E-state index is 13.7. The minimum atomic E-state index is -0.732. The first-order valence-electron chi connectivity index (χ1n) is 8.13. The van der Waals surface area contributed by atoms with Gasteiger partial charge < -0.3 is 10.6 Å². The summed E-state index contributed by atoms with van der Waals surface area (Å²) in [6, 6.07) is 16.4. The SMILES string of the molecule is O=C(NCCc1ccccc1)c1ccnc(Nc2c(F)cccc2F)c1. The van der Waals surface area contributed by atoms with Gasteiger partial charge in [-0.2, -0.15) is 0 Å². The normalized spacial score (nSPS) is 10.4. The Balaban J connectivity index is 1.64. The molecule has 0 aliphatic heterocycles. The number of amides is 1. The van der Waals surface area contributed by atoms with Crippen molar-refractivity contribution in [2.75, 3.05) is 11.9 Å². The Labute approximate surface area is 149 Å². The molecule has 0 aliphatic rings. The van der Waals surface area contributed by atoms with Gasteiger partial charge >= 0.3 is 0 Å². The molecule has 0 unspecified atom stereocenters. The number of pyridine rings is 1. The van der Waals surface area contributed by atoms with Gasteiger partial charge in [-0.3, -0.25) is 4.79 Å². The van der Waals surface area contributed by atoms with Crippen molar-refractivity contribution in [1.82, 2.24) is 10.3 Å². The van der Waals surface area contributed by atoms with Crippen LogP contribution in [0.2, 0.25) is 0 Å². The zero-order chi connectivity index (χ0) is 18.4. The van der Waals surface area contributed by atoms with E-state index in [1.807, 2.05) is 30.3 Å². The third-order valence-corrected chi connectivity index (χ3v) is 3.78. The number of nitrogens with zero attached hydrogens (tertiary/aromatic N) is 1. The van der Waals surface area contributed by atoms with Crippen LogP contribution in [0.15, 0.2) is 66.9 Å². The number of aromatic nitrogens is 1. The Hall–Kier alpha value is -3.28. The van der Waals surface area contributed by atoms with Gasteiger partial charge in [0.25, 0.3) is 5.91 Å². The van der Waals surface area contributed by atoms with E-state index in [1.54, 1.807) is 6.07 Å². The average molecular weight is 353 g/mol. The Morgan fingerprint density at radius 1 is 0.962 bits per heavy atom. The highest BCUT2D eigenvalue weighted by Gasteiger charge is 2.11. The number of carbonyl (C=O) groups is 1. The quantitative estimate of drug-likeness (QED) is 0.702. The highest BCUT2D eigenvalue weighted by atomic mass is 19.1. The summed E-state index contributed by atoms with van der Waals surface area (Å²) < 4.78 is 27.4. The summed E-state index contributed by atoms with van der Waals surface area (Å²) >= 11 is 0. The van der Waals surface area contributed by atoms with Gasteiger partial charge in [0.05, 0.1) is 0 Å². The molecule has 1 amide bonds. The maximum absolute atomic E-state index is 13.7. The minimum absolute atomic E-state index is 0.185. The fourth-order valence-corrected chi connectivity index (χ4v) is 2.45. The van der Waals surface area contributed by atoms with Crippen LogP contribution in [0.5, 0.6) is 0 Å². The molecule has 0 spiro atoms. The van der Waals surface area contributed by atoms with Gasteiger partial charge in [0.1, 0.15) is 23.1 Å². The highest BCUT2D eigenvalue weighted by Crippen LogP contribution is 2.22. The van der Waals surface area contributed by atoms with Gasteiger partial charge in [-0.1, -0.05) is 36.4 Å². The number of hydrogen-bond acceptors (Lipinski definition) is 3. The van der Waals surface area contributed by atoms with Gasteiger partial charge in [0.2, 0.25) is 0 Å². The number of halogens is 2. The van der Waals surface area contributed by atoms with E-state index in [2.05, 4.69) is 15.6 Å². The van der Waals surface area contributed by atoms with Crippen molar-refractivity contribution in [2.24, 2.45) is 0 Å². The van der Waals surface area contributed by atoms with Crippen LogP contribution in [0, 0.1) is 11.6 Å². The predicted molar refractivity (Wildman–Crippen MR) is 96.4 cm³/mol. The molecule has 26 heavy (non-hydrogen) atoms. The molecule has 0 saturated carbocycles. The van der Waals surface area contributed by atoms with Crippen molar-refractivity contribution in [3.8, 4) is 0 Å². The van der Waals surface area contributed by atoms with Gasteiger partial charge in [-0.15, -0.1) is 0 Å². The van der Waals surface area contributed by atoms with E-state index >= 15 is 0 Å². The van der Waals surface area contributed by atoms with Crippen molar-refractivity contribution in [3.05, 3.63) is 89.6 Å². The van der Waals surface area contributed by atoms with Crippen molar-refractivity contribution >= 4 is 17.4 Å². The Morgan fingerprint density at radius 2 is 1.69 bits per heavy atom. The molecule has 3 rings (SSSR count). The molecule has 6 heteroatoms. The summed E-state index contributed by atoms with van der Waals surface area (Å²) in [5.74, 6) is -1.56. The van der Waals surface area contributed by atoms with Gasteiger partial charge in [0.15, 0.2) is 0 Å². The monoisotopic (exact) mass is 353 g/mol. The van der Waals surface area contributed by atoms with Crippen molar-refractivity contribution in [1.29, 1.82) is 0 Å². The van der Waals surface area contributed by atoms with Crippen LogP contribution in [0.4, 0.5) is 20.3 Å². The molecule has 3 aromatic rings. The maximum Gasteiger partial charge on any atom is 0.251 e. The summed E-state index contributed by atoms with van der Waals surface area (Å²) in [6.07, 6.45) is 2.12. The second-order valence-corrected chi connectivity index (χ2v) is 5.64. The lowest BCUT2D eigenvalue weighted by Crippen LogP contribution is -2.25. The molecule has 1 aromatic heterocycles. The molecule has 1 heterocycles. The van der Waals surface area contributed by atoms with E-state index in [0.717, 1.165) is 17.7 Å². The molecule has 0 saturated heterocycles. The molecule has 2 aromatic carbocycles. The lowest BCUT2D eigenvalue weighted by atomic mass is 10.1. The smallest absolute Gasteiger partial charge is 0.251 e. The highest BCUT2D eigenvalue weighted by molar-refractivity contribution is 5.94. The van der Waals surface area contributed by atoms with E-state index in [0.29, 0.717) is 18.5 Å². The summed E-state index contributed by atoms with van der Waals surface area (Å²) in [6.45, 7) is 0.482. The summed E-state index contributed by atoms with van der Waals surface area (Å²) in [4.78, 5) is 16.3. The van der Waals surface area contributed by atoms with Crippen LogP contribution < -0.4 is 10.6 Å². The van der Waals surface area contributed by atoms with Gasteiger partial charge in [0, 0.05) is 18.3 Å². The fourth-order valence-electron chi connectivity index (χ4n) is 2.45. The van der Waals surface area contributed by atoms with E-state index in [9.17, 15) is 13.6 Å². The molecule has 0 bridgehead atoms. The van der Waals surface area contributed by atoms with Crippen LogP contribution in [0.25, 0.3) is 0 Å². The predicted octanol–water partition coefficient (Wildman–Crippen LogP) is 4.08. The Morgan fingerprint density at radius 3 is 2.42 bits per heavy atom. The Kier molecular flexibility index (Phi) is 5.53. The second kappa shape index (κ2) is 8.20. The van der Waals surface area contributed by atoms with E-state index in [4.69, 9.17) is 0 Å². The number of benzene rings is 2. The number of hydrogen-bond donors (Lipinski definition) is 2. The van der Waals surface area contributed by atoms with E-state index in [-0.39, 0.29) is 17.4 Å². The number of anilines is 2. The third kappa shape index (κ3) is 4.42. The van der Waals surface area contributed by atoms with Crippen LogP contribution >= 0.6 is 0 Å². The van der Waals surface area contributed by atoms with E-state index in [1.165, 1.54) is 18.3 Å². The number of para-hydroxylation sites is 1. The molecule has 2 N–H and O–H groups in total. The fraction of sp³-hybridized carbons (Fsp3) is 0.100. The van der Waals surface area contributed by atoms with Crippen molar-refractivity contribution in [3.63, 3.8) is 0 Å². The van der Waals surface area contributed by atoms with Crippen LogP contribution in [0.3, 0.4) is 0 Å². The third-order valence-electron chi connectivity index (χ3n) is 3.78. The minimum Gasteiger partial charge on any atom is -0.352 e. The molecule has 0 atom stereocenters. The summed E-state index contributed by atoms with van der Waals surface area (Å²) in [5, 5.41) is 5.40. The van der Waals surface area contributed by atoms with Gasteiger partial charge in [-0.25, -0.2) is 13.8 Å². The van der Waals surface area contributed by atoms with Gasteiger partial charge in [-0.05, 0) is 36.2 Å². The zero-order valence-electron chi connectivity index (χ0n) is 13.9. The largest absolute Gasteiger partial charge is 0.352 e. The number of nitrogens with one attached hydrogen (secondary N) is 2.